The summed E-state index contributed by atoms with van der Waals surface area (Å²) in [5.74, 6) is 0.937. The molecule has 21 heavy (non-hydrogen) atoms. The van der Waals surface area contributed by atoms with Crippen molar-refractivity contribution in [3.63, 3.8) is 0 Å². The van der Waals surface area contributed by atoms with Crippen LogP contribution >= 0.6 is 11.8 Å². The van der Waals surface area contributed by atoms with E-state index in [1.807, 2.05) is 44.2 Å². The molecule has 1 aromatic heterocycles. The second-order valence-electron chi connectivity index (χ2n) is 4.69. The molecule has 2 atom stereocenters. The van der Waals surface area contributed by atoms with Crippen molar-refractivity contribution in [3.05, 3.63) is 36.2 Å². The van der Waals surface area contributed by atoms with E-state index in [4.69, 9.17) is 4.52 Å². The first kappa shape index (κ1) is 15.6. The lowest BCUT2D eigenvalue weighted by atomic mass is 10.2. The smallest absolute Gasteiger partial charge is 0.306 e. The minimum absolute atomic E-state index is 0.0228. The Morgan fingerprint density at radius 2 is 2.05 bits per heavy atom. The number of carbonyl (C=O) groups excluding carboxylic acids is 1. The SMILES string of the molecule is COC(=O)C[C@@H](C)S[C@H](C)c1nc(-c2ccccc2)no1. The van der Waals surface area contributed by atoms with E-state index in [0.717, 1.165) is 5.56 Å². The van der Waals surface area contributed by atoms with Gasteiger partial charge in [-0.3, -0.25) is 4.79 Å². The average molecular weight is 306 g/mol. The van der Waals surface area contributed by atoms with Crippen molar-refractivity contribution < 1.29 is 14.1 Å². The largest absolute Gasteiger partial charge is 0.469 e. The van der Waals surface area contributed by atoms with Crippen LogP contribution in [0, 0.1) is 0 Å². The highest BCUT2D eigenvalue weighted by Crippen LogP contribution is 2.33. The maximum absolute atomic E-state index is 11.2. The van der Waals surface area contributed by atoms with Crippen molar-refractivity contribution in [3.8, 4) is 11.4 Å². The Labute approximate surface area is 128 Å². The molecule has 0 unspecified atom stereocenters. The van der Waals surface area contributed by atoms with Crippen molar-refractivity contribution >= 4 is 17.7 Å². The van der Waals surface area contributed by atoms with Gasteiger partial charge in [-0.2, -0.15) is 4.98 Å². The van der Waals surface area contributed by atoms with E-state index < -0.39 is 0 Å². The van der Waals surface area contributed by atoms with Crippen molar-refractivity contribution in [1.82, 2.24) is 10.1 Å². The van der Waals surface area contributed by atoms with Crippen LogP contribution in [0.5, 0.6) is 0 Å². The number of rotatable bonds is 6. The van der Waals surface area contributed by atoms with Gasteiger partial charge in [0.2, 0.25) is 11.7 Å². The summed E-state index contributed by atoms with van der Waals surface area (Å²) in [7, 11) is 1.40. The summed E-state index contributed by atoms with van der Waals surface area (Å²) in [4.78, 5) is 15.7. The highest BCUT2D eigenvalue weighted by molar-refractivity contribution is 8.00. The molecule has 0 saturated carbocycles. The van der Waals surface area contributed by atoms with E-state index in [-0.39, 0.29) is 16.5 Å². The van der Waals surface area contributed by atoms with Crippen LogP contribution in [0.15, 0.2) is 34.9 Å². The highest BCUT2D eigenvalue weighted by atomic mass is 32.2. The van der Waals surface area contributed by atoms with Crippen LogP contribution in [0.2, 0.25) is 0 Å². The molecule has 2 rings (SSSR count). The van der Waals surface area contributed by atoms with E-state index in [0.29, 0.717) is 18.1 Å². The molecule has 0 N–H and O–H groups in total. The molecule has 1 aromatic carbocycles. The van der Waals surface area contributed by atoms with E-state index >= 15 is 0 Å². The lowest BCUT2D eigenvalue weighted by Gasteiger charge is -2.12. The number of thioether (sulfide) groups is 1. The molecule has 0 amide bonds. The Morgan fingerprint density at radius 1 is 1.33 bits per heavy atom. The van der Waals surface area contributed by atoms with Gasteiger partial charge >= 0.3 is 5.97 Å². The van der Waals surface area contributed by atoms with Crippen LogP contribution in [0.3, 0.4) is 0 Å². The van der Waals surface area contributed by atoms with Crippen LogP contribution in [-0.2, 0) is 9.53 Å². The van der Waals surface area contributed by atoms with Crippen molar-refractivity contribution in [2.75, 3.05) is 7.11 Å². The summed E-state index contributed by atoms with van der Waals surface area (Å²) in [6.07, 6.45) is 0.366. The van der Waals surface area contributed by atoms with Crippen molar-refractivity contribution in [2.24, 2.45) is 0 Å². The van der Waals surface area contributed by atoms with Crippen LogP contribution in [0.4, 0.5) is 0 Å². The maximum atomic E-state index is 11.2. The van der Waals surface area contributed by atoms with Gasteiger partial charge in [0.1, 0.15) is 0 Å². The molecule has 0 aliphatic heterocycles. The molecule has 0 bridgehead atoms. The zero-order valence-corrected chi connectivity index (χ0v) is 13.1. The Hall–Kier alpha value is -1.82. The molecule has 1 heterocycles. The van der Waals surface area contributed by atoms with Crippen LogP contribution < -0.4 is 0 Å². The monoisotopic (exact) mass is 306 g/mol. The lowest BCUT2D eigenvalue weighted by molar-refractivity contribution is -0.140. The van der Waals surface area contributed by atoms with Gasteiger partial charge in [-0.25, -0.2) is 0 Å². The summed E-state index contributed by atoms with van der Waals surface area (Å²) in [6.45, 7) is 3.97. The van der Waals surface area contributed by atoms with Gasteiger partial charge in [-0.15, -0.1) is 11.8 Å². The Morgan fingerprint density at radius 3 is 2.71 bits per heavy atom. The van der Waals surface area contributed by atoms with Gasteiger partial charge in [0.05, 0.1) is 18.8 Å². The average Bonchev–Trinajstić information content (AvgIpc) is 2.97. The van der Waals surface area contributed by atoms with E-state index in [2.05, 4.69) is 14.9 Å². The molecular formula is C15H18N2O3S. The number of hydrogen-bond acceptors (Lipinski definition) is 6. The third-order valence-corrected chi connectivity index (χ3v) is 4.18. The molecule has 0 aliphatic rings. The third-order valence-electron chi connectivity index (χ3n) is 2.94. The summed E-state index contributed by atoms with van der Waals surface area (Å²) in [6, 6.07) is 9.68. The number of nitrogens with zero attached hydrogens (tertiary/aromatic N) is 2. The number of carbonyl (C=O) groups is 1. The van der Waals surface area contributed by atoms with Gasteiger partial charge in [-0.1, -0.05) is 42.4 Å². The first-order chi connectivity index (χ1) is 10.1. The quantitative estimate of drug-likeness (QED) is 0.761. The molecule has 2 aromatic rings. The molecule has 0 saturated heterocycles. The topological polar surface area (TPSA) is 65.2 Å². The second kappa shape index (κ2) is 7.26. The fourth-order valence-electron chi connectivity index (χ4n) is 1.88. The van der Waals surface area contributed by atoms with Gasteiger partial charge in [0.25, 0.3) is 0 Å². The van der Waals surface area contributed by atoms with Crippen molar-refractivity contribution in [1.29, 1.82) is 0 Å². The van der Waals surface area contributed by atoms with Gasteiger partial charge in [0, 0.05) is 10.8 Å². The zero-order chi connectivity index (χ0) is 15.2. The van der Waals surface area contributed by atoms with Gasteiger partial charge in [-0.05, 0) is 6.92 Å². The van der Waals surface area contributed by atoms with E-state index in [1.54, 1.807) is 11.8 Å². The number of esters is 1. The van der Waals surface area contributed by atoms with Crippen molar-refractivity contribution in [2.45, 2.75) is 30.8 Å². The summed E-state index contributed by atoms with van der Waals surface area (Å²) in [5, 5.41) is 4.15. The molecule has 6 heteroatoms. The standard InChI is InChI=1S/C15H18N2O3S/c1-10(9-13(18)19-3)21-11(2)15-16-14(17-20-15)12-7-5-4-6-8-12/h4-8,10-11H,9H2,1-3H3/t10-,11-/m1/s1. The number of hydrogen-bond donors (Lipinski definition) is 0. The van der Waals surface area contributed by atoms with E-state index in [9.17, 15) is 4.79 Å². The fourth-order valence-corrected chi connectivity index (χ4v) is 3.02. The minimum Gasteiger partial charge on any atom is -0.469 e. The zero-order valence-electron chi connectivity index (χ0n) is 12.3. The number of benzene rings is 1. The van der Waals surface area contributed by atoms with Gasteiger partial charge in [0.15, 0.2) is 0 Å². The number of aromatic nitrogens is 2. The maximum Gasteiger partial charge on any atom is 0.306 e. The third kappa shape index (κ3) is 4.32. The summed E-state index contributed by atoms with van der Waals surface area (Å²) >= 11 is 1.61. The van der Waals surface area contributed by atoms with Crippen LogP contribution in [-0.4, -0.2) is 28.5 Å². The Bertz CT molecular complexity index is 586. The van der Waals surface area contributed by atoms with Crippen LogP contribution in [0.1, 0.15) is 31.4 Å². The van der Waals surface area contributed by atoms with E-state index in [1.165, 1.54) is 7.11 Å². The normalized spacial score (nSPS) is 13.7. The number of ether oxygens (including phenoxy) is 1. The summed E-state index contributed by atoms with van der Waals surface area (Å²) < 4.78 is 9.98. The predicted molar refractivity (Wildman–Crippen MR) is 81.8 cm³/mol. The minimum atomic E-state index is -0.210. The van der Waals surface area contributed by atoms with Crippen LogP contribution in [0.25, 0.3) is 11.4 Å². The first-order valence-electron chi connectivity index (χ1n) is 6.71. The Kier molecular flexibility index (Phi) is 5.38. The highest BCUT2D eigenvalue weighted by Gasteiger charge is 2.20. The molecule has 0 aliphatic carbocycles. The molecule has 0 spiro atoms. The summed E-state index contributed by atoms with van der Waals surface area (Å²) in [5.41, 5.74) is 0.923. The van der Waals surface area contributed by atoms with Gasteiger partial charge < -0.3 is 9.26 Å². The predicted octanol–water partition coefficient (Wildman–Crippen LogP) is 3.48. The lowest BCUT2D eigenvalue weighted by Crippen LogP contribution is -2.09. The fraction of sp³-hybridized carbons (Fsp3) is 0.400. The molecule has 0 fully saturated rings. The molecule has 112 valence electrons. The number of methoxy groups -OCH3 is 1. The second-order valence-corrected chi connectivity index (χ2v) is 6.48. The Balaban J connectivity index is 1.99. The molecule has 5 nitrogen and oxygen atoms in total. The first-order valence-corrected chi connectivity index (χ1v) is 7.65. The molecular weight excluding hydrogens is 288 g/mol. The molecule has 0 radical (unpaired) electrons.